The van der Waals surface area contributed by atoms with E-state index in [4.69, 9.17) is 11.0 Å². The second kappa shape index (κ2) is 10.4. The van der Waals surface area contributed by atoms with E-state index in [-0.39, 0.29) is 16.1 Å². The molecule has 0 atom stereocenters. The molecule has 2 aromatic carbocycles. The summed E-state index contributed by atoms with van der Waals surface area (Å²) >= 11 is 0. The molecule has 0 unspecified atom stereocenters. The van der Waals surface area contributed by atoms with E-state index in [1.807, 2.05) is 0 Å². The van der Waals surface area contributed by atoms with E-state index in [9.17, 15) is 18.0 Å². The first-order valence-electron chi connectivity index (χ1n) is 15.2. The second-order valence-corrected chi connectivity index (χ2v) is 8.10. The summed E-state index contributed by atoms with van der Waals surface area (Å²) in [5.74, 6) is -0.878. The van der Waals surface area contributed by atoms with Crippen molar-refractivity contribution in [2.45, 2.75) is 20.0 Å². The highest BCUT2D eigenvalue weighted by Crippen LogP contribution is 2.33. The number of rotatable bonds is 6. The van der Waals surface area contributed by atoms with Gasteiger partial charge in [0.1, 0.15) is 1.37 Å². The normalized spacial score (nSPS) is 14.6. The van der Waals surface area contributed by atoms with Crippen molar-refractivity contribution in [2.24, 2.45) is 0 Å². The molecule has 0 fully saturated rings. The number of nitrogens with zero attached hydrogens (tertiary/aromatic N) is 5. The molecule has 5 aromatic rings. The molecule has 0 spiro atoms. The van der Waals surface area contributed by atoms with E-state index in [1.54, 1.807) is 37.5 Å². The lowest BCUT2D eigenvalue weighted by molar-refractivity contribution is -0.137. The molecule has 1 amide bonds. The van der Waals surface area contributed by atoms with Crippen LogP contribution in [0, 0.1) is 13.8 Å². The first kappa shape index (κ1) is 17.4. The van der Waals surface area contributed by atoms with Gasteiger partial charge < -0.3 is 15.2 Å². The zero-order valence-electron chi connectivity index (χ0n) is 28.0. The van der Waals surface area contributed by atoms with Crippen molar-refractivity contribution in [1.82, 2.24) is 24.5 Å². The predicted octanol–water partition coefficient (Wildman–Crippen LogP) is 6.36. The standard InChI is InChI=1S/C28H22F3N7O/c1-17-5-6-19(10-25(17)37-27-33-9-7-24(36-27)20-4-3-8-32-14-20)26(39)35-22-11-21(28(29,30)31)12-23(13-22)38-15-18(2)34-16-38/h3-16H,1-2H3,(H,35,39)(H,33,36,37)/i2D3,11D,12D,13D,15D,16D. The van der Waals surface area contributed by atoms with Crippen molar-refractivity contribution in [2.75, 3.05) is 10.6 Å². The molecule has 196 valence electrons. The molecule has 0 aliphatic heterocycles. The van der Waals surface area contributed by atoms with Crippen LogP contribution in [0.15, 0.2) is 85.6 Å². The lowest BCUT2D eigenvalue weighted by Gasteiger charge is -2.14. The molecular weight excluding hydrogens is 507 g/mol. The Bertz CT molecular complexity index is 2020. The average molecular weight is 538 g/mol. The van der Waals surface area contributed by atoms with Gasteiger partial charge in [0.2, 0.25) is 5.95 Å². The largest absolute Gasteiger partial charge is 0.416 e. The van der Waals surface area contributed by atoms with E-state index in [0.29, 0.717) is 16.9 Å². The van der Waals surface area contributed by atoms with Crippen molar-refractivity contribution in [3.8, 4) is 16.9 Å². The highest BCUT2D eigenvalue weighted by molar-refractivity contribution is 6.05. The Kier molecular flexibility index (Phi) is 4.64. The van der Waals surface area contributed by atoms with E-state index in [1.165, 1.54) is 24.4 Å². The van der Waals surface area contributed by atoms with Gasteiger partial charge in [-0.05, 0) is 67.8 Å². The number of pyridine rings is 1. The first-order chi connectivity index (χ1) is 22.0. The predicted molar refractivity (Wildman–Crippen MR) is 141 cm³/mol. The van der Waals surface area contributed by atoms with Crippen LogP contribution in [0.25, 0.3) is 16.9 Å². The van der Waals surface area contributed by atoms with E-state index in [2.05, 4.69) is 30.6 Å². The van der Waals surface area contributed by atoms with Gasteiger partial charge in [-0.3, -0.25) is 9.78 Å². The van der Waals surface area contributed by atoms with Crippen molar-refractivity contribution in [3.05, 3.63) is 108 Å². The monoisotopic (exact) mass is 537 g/mol. The third kappa shape index (κ3) is 5.93. The van der Waals surface area contributed by atoms with E-state index < -0.39 is 72.2 Å². The summed E-state index contributed by atoms with van der Waals surface area (Å²) in [5, 5.41) is 5.12. The van der Waals surface area contributed by atoms with Crippen LogP contribution in [0.4, 0.5) is 30.5 Å². The highest BCUT2D eigenvalue weighted by Gasteiger charge is 2.31. The van der Waals surface area contributed by atoms with E-state index in [0.717, 1.165) is 5.56 Å². The summed E-state index contributed by atoms with van der Waals surface area (Å²) in [6, 6.07) is 5.52. The van der Waals surface area contributed by atoms with Gasteiger partial charge in [-0.2, -0.15) is 13.2 Å². The Morgan fingerprint density at radius 2 is 1.97 bits per heavy atom. The maximum atomic E-state index is 14.2. The fraction of sp³-hybridized carbons (Fsp3) is 0.107. The number of hydrogen-bond donors (Lipinski definition) is 2. The van der Waals surface area contributed by atoms with Crippen LogP contribution < -0.4 is 10.6 Å². The van der Waals surface area contributed by atoms with Gasteiger partial charge in [0.25, 0.3) is 5.91 Å². The third-order valence-corrected chi connectivity index (χ3v) is 5.32. The first-order valence-corrected chi connectivity index (χ1v) is 11.2. The Hall–Kier alpha value is -5.06. The molecule has 0 saturated carbocycles. The number of carbonyl (C=O) groups excluding carboxylic acids is 1. The number of amides is 1. The number of halogens is 3. The van der Waals surface area contributed by atoms with Crippen molar-refractivity contribution < 1.29 is 28.9 Å². The lowest BCUT2D eigenvalue weighted by Crippen LogP contribution is -2.14. The van der Waals surface area contributed by atoms with Crippen LogP contribution >= 0.6 is 0 Å². The summed E-state index contributed by atoms with van der Waals surface area (Å²) < 4.78 is 107. The molecule has 8 nitrogen and oxygen atoms in total. The zero-order chi connectivity index (χ0) is 34.4. The second-order valence-electron chi connectivity index (χ2n) is 8.10. The quantitative estimate of drug-likeness (QED) is 0.262. The van der Waals surface area contributed by atoms with Crippen molar-refractivity contribution in [3.63, 3.8) is 0 Å². The zero-order valence-corrected chi connectivity index (χ0v) is 20.0. The Morgan fingerprint density at radius 1 is 1.10 bits per heavy atom. The summed E-state index contributed by atoms with van der Waals surface area (Å²) in [5.41, 5.74) is -2.71. The van der Waals surface area contributed by atoms with Crippen LogP contribution in [-0.2, 0) is 6.18 Å². The number of hydrogen-bond acceptors (Lipinski definition) is 6. The SMILES string of the molecule is [2H]c1c(NC(=O)c2ccc(C)c(Nc3nccc(-c4cccnc4)n3)c2)c([2H])c(C(F)(F)F)c([2H])c1-n1c([2H])nc(C([2H])([2H])[2H])c1[2H]. The molecule has 0 bridgehead atoms. The van der Waals surface area contributed by atoms with Crippen molar-refractivity contribution in [1.29, 1.82) is 0 Å². The maximum absolute atomic E-state index is 14.2. The smallest absolute Gasteiger partial charge is 0.324 e. The number of carbonyl (C=O) groups is 1. The summed E-state index contributed by atoms with van der Waals surface area (Å²) in [6.45, 7) is -1.33. The molecular formula is C28H22F3N7O. The number of aryl methyl sites for hydroxylation is 2. The maximum Gasteiger partial charge on any atom is 0.416 e. The molecule has 5 rings (SSSR count). The lowest BCUT2D eigenvalue weighted by atomic mass is 10.1. The molecule has 11 heteroatoms. The van der Waals surface area contributed by atoms with E-state index >= 15 is 0 Å². The minimum atomic E-state index is -5.35. The fourth-order valence-electron chi connectivity index (χ4n) is 3.43. The minimum absolute atomic E-state index is 0.111. The van der Waals surface area contributed by atoms with Gasteiger partial charge in [0, 0.05) is 57.1 Å². The number of benzene rings is 2. The Balaban J connectivity index is 1.55. The van der Waals surface area contributed by atoms with Crippen LogP contribution in [-0.4, -0.2) is 30.4 Å². The third-order valence-electron chi connectivity index (χ3n) is 5.32. The van der Waals surface area contributed by atoms with Crippen LogP contribution in [0.1, 0.15) is 38.1 Å². The molecule has 2 N–H and O–H groups in total. The number of aromatic nitrogens is 5. The van der Waals surface area contributed by atoms with Gasteiger partial charge >= 0.3 is 6.18 Å². The van der Waals surface area contributed by atoms with Gasteiger partial charge in [0.15, 0.2) is 0 Å². The summed E-state index contributed by atoms with van der Waals surface area (Å²) in [4.78, 5) is 29.5. The van der Waals surface area contributed by atoms with Crippen LogP contribution in [0.5, 0.6) is 0 Å². The van der Waals surface area contributed by atoms with Gasteiger partial charge in [-0.1, -0.05) is 6.07 Å². The number of alkyl halides is 3. The Labute approximate surface area is 232 Å². The molecule has 0 aliphatic rings. The van der Waals surface area contributed by atoms with Crippen molar-refractivity contribution >= 4 is 23.2 Å². The number of nitrogens with one attached hydrogen (secondary N) is 2. The number of anilines is 3. The number of imidazole rings is 1. The van der Waals surface area contributed by atoms with Crippen LogP contribution in [0.2, 0.25) is 0 Å². The molecule has 3 heterocycles. The average Bonchev–Trinajstić information content (AvgIpc) is 3.30. The van der Waals surface area contributed by atoms with Crippen LogP contribution in [0.3, 0.4) is 0 Å². The summed E-state index contributed by atoms with van der Waals surface area (Å²) in [7, 11) is 0. The fourth-order valence-corrected chi connectivity index (χ4v) is 3.43. The van der Waals surface area contributed by atoms with Gasteiger partial charge in [-0.25, -0.2) is 15.0 Å². The minimum Gasteiger partial charge on any atom is -0.324 e. The topological polar surface area (TPSA) is 97.6 Å². The molecule has 3 aromatic heterocycles. The van der Waals surface area contributed by atoms with Gasteiger partial charge in [-0.15, -0.1) is 0 Å². The van der Waals surface area contributed by atoms with Gasteiger partial charge in [0.05, 0.1) is 28.7 Å². The Morgan fingerprint density at radius 3 is 2.72 bits per heavy atom. The molecule has 0 saturated heterocycles. The molecule has 39 heavy (non-hydrogen) atoms. The highest BCUT2D eigenvalue weighted by atomic mass is 19.4. The molecule has 0 radical (unpaired) electrons. The molecule has 0 aliphatic carbocycles. The summed E-state index contributed by atoms with van der Waals surface area (Å²) in [6.07, 6.45) is -2.71.